The van der Waals surface area contributed by atoms with Crippen molar-refractivity contribution in [1.82, 2.24) is 0 Å². The topological polar surface area (TPSA) is 47.2 Å². The molecule has 0 radical (unpaired) electrons. The van der Waals surface area contributed by atoms with Crippen LogP contribution >= 0.6 is 23.1 Å². The third-order valence-electron chi connectivity index (χ3n) is 7.03. The minimum absolute atomic E-state index is 0.190. The van der Waals surface area contributed by atoms with E-state index < -0.39 is 0 Å². The van der Waals surface area contributed by atoms with Crippen LogP contribution in [0.25, 0.3) is 37.8 Å². The summed E-state index contributed by atoms with van der Waals surface area (Å²) in [6.45, 7) is 0. The number of anilines is 1. The van der Waals surface area contributed by atoms with Crippen LogP contribution in [0.3, 0.4) is 0 Å². The number of ketones is 1. The number of nitrogens with zero attached hydrogens (tertiary/aromatic N) is 2. The average Bonchev–Trinajstić information content (AvgIpc) is 3.41. The molecule has 1 aromatic heterocycles. The Kier molecular flexibility index (Phi) is 4.65. The molecule has 0 N–H and O–H groups in total. The maximum absolute atomic E-state index is 13.1. The summed E-state index contributed by atoms with van der Waals surface area (Å²) in [6, 6.07) is 24.9. The molecule has 5 aromatic rings. The van der Waals surface area contributed by atoms with Crippen LogP contribution in [0.2, 0.25) is 0 Å². The Morgan fingerprint density at radius 2 is 1.58 bits per heavy atom. The van der Waals surface area contributed by atoms with Crippen LogP contribution in [0.5, 0.6) is 0 Å². The Hall–Kier alpha value is -3.87. The van der Waals surface area contributed by atoms with Crippen LogP contribution in [0.1, 0.15) is 5.01 Å². The lowest BCUT2D eigenvalue weighted by atomic mass is 9.88. The predicted molar refractivity (Wildman–Crippen MR) is 147 cm³/mol. The molecule has 1 aliphatic carbocycles. The summed E-state index contributed by atoms with van der Waals surface area (Å²) < 4.78 is 3.21. The SMILES string of the molecule is CN1/C(=C/C2=C([O-])C(=C\c3sc4c5ccccc5ccc4[n+]3C)/C2=O)Sc2c1ccc1ccccc21. The second-order valence-corrected chi connectivity index (χ2v) is 11.1. The van der Waals surface area contributed by atoms with Crippen molar-refractivity contribution in [3.8, 4) is 0 Å². The van der Waals surface area contributed by atoms with E-state index in [0.717, 1.165) is 30.8 Å². The summed E-state index contributed by atoms with van der Waals surface area (Å²) in [7, 11) is 3.96. The number of hydrogen-bond donors (Lipinski definition) is 0. The molecule has 2 aliphatic rings. The normalized spacial score (nSPS) is 17.7. The molecule has 2 heterocycles. The highest BCUT2D eigenvalue weighted by Gasteiger charge is 2.31. The number of fused-ring (bicyclic) bond motifs is 6. The third kappa shape index (κ3) is 3.01. The number of thiazole rings is 1. The van der Waals surface area contributed by atoms with Gasteiger partial charge < -0.3 is 10.0 Å². The summed E-state index contributed by atoms with van der Waals surface area (Å²) in [5.41, 5.74) is 2.68. The maximum atomic E-state index is 13.1. The first kappa shape index (κ1) is 21.4. The van der Waals surface area contributed by atoms with Gasteiger partial charge in [-0.25, -0.2) is 0 Å². The Bertz CT molecular complexity index is 1880. The van der Waals surface area contributed by atoms with E-state index in [1.807, 2.05) is 38.4 Å². The number of benzene rings is 4. The first-order valence-corrected chi connectivity index (χ1v) is 13.3. The molecule has 0 fully saturated rings. The summed E-state index contributed by atoms with van der Waals surface area (Å²) in [6.07, 6.45) is 3.50. The molecule has 0 spiro atoms. The van der Waals surface area contributed by atoms with Crippen LogP contribution < -0.4 is 14.6 Å². The first-order valence-electron chi connectivity index (χ1n) is 11.6. The number of allylic oxidation sites excluding steroid dienone is 3. The summed E-state index contributed by atoms with van der Waals surface area (Å²) in [5, 5.41) is 19.6. The fraction of sp³-hybridized carbons (Fsp3) is 0.0667. The molecule has 0 saturated heterocycles. The fourth-order valence-corrected chi connectivity index (χ4v) is 7.44. The number of hydrogen-bond acceptors (Lipinski definition) is 5. The van der Waals surface area contributed by atoms with Gasteiger partial charge in [0.15, 0.2) is 5.78 Å². The highest BCUT2D eigenvalue weighted by atomic mass is 32.2. The molecule has 0 unspecified atom stereocenters. The number of aryl methyl sites for hydroxylation is 1. The van der Waals surface area contributed by atoms with Crippen LogP contribution in [0.4, 0.5) is 5.69 Å². The van der Waals surface area contributed by atoms with E-state index in [2.05, 4.69) is 58.0 Å². The van der Waals surface area contributed by atoms with Crippen LogP contribution in [-0.2, 0) is 11.8 Å². The first-order chi connectivity index (χ1) is 17.5. The zero-order valence-electron chi connectivity index (χ0n) is 19.6. The van der Waals surface area contributed by atoms with Gasteiger partial charge >= 0.3 is 0 Å². The van der Waals surface area contributed by atoms with Gasteiger partial charge in [-0.15, -0.1) is 0 Å². The fourth-order valence-electron chi connectivity index (χ4n) is 4.98. The Balaban J connectivity index is 1.26. The predicted octanol–water partition coefficient (Wildman–Crippen LogP) is 5.70. The van der Waals surface area contributed by atoms with Crippen molar-refractivity contribution < 1.29 is 14.5 Å². The third-order valence-corrected chi connectivity index (χ3v) is 9.50. The lowest BCUT2D eigenvalue weighted by Crippen LogP contribution is -2.32. The van der Waals surface area contributed by atoms with Gasteiger partial charge in [0, 0.05) is 40.6 Å². The van der Waals surface area contributed by atoms with Crippen molar-refractivity contribution in [2.75, 3.05) is 11.9 Å². The number of carbonyl (C=O) groups excluding carboxylic acids is 1. The molecule has 0 atom stereocenters. The highest BCUT2D eigenvalue weighted by molar-refractivity contribution is 8.04. The van der Waals surface area contributed by atoms with Gasteiger partial charge in [0.05, 0.1) is 10.7 Å². The molecule has 1 aliphatic heterocycles. The molecule has 36 heavy (non-hydrogen) atoms. The number of Topliss-reactive ketones (excluding diaryl/α,β-unsaturated/α-hetero) is 1. The summed E-state index contributed by atoms with van der Waals surface area (Å²) in [4.78, 5) is 16.3. The molecule has 174 valence electrons. The Morgan fingerprint density at radius 1 is 0.889 bits per heavy atom. The van der Waals surface area contributed by atoms with Crippen LogP contribution in [0, 0.1) is 0 Å². The second-order valence-electron chi connectivity index (χ2n) is 9.04. The van der Waals surface area contributed by atoms with Crippen molar-refractivity contribution in [1.29, 1.82) is 0 Å². The van der Waals surface area contributed by atoms with Gasteiger partial charge in [-0.05, 0) is 34.4 Å². The lowest BCUT2D eigenvalue weighted by Gasteiger charge is -2.28. The van der Waals surface area contributed by atoms with Gasteiger partial charge in [-0.3, -0.25) is 4.79 Å². The number of thioether (sulfide) groups is 1. The van der Waals surface area contributed by atoms with Gasteiger partial charge in [0.1, 0.15) is 11.7 Å². The maximum Gasteiger partial charge on any atom is 0.263 e. The zero-order valence-corrected chi connectivity index (χ0v) is 21.2. The standard InChI is InChI=1S/C30H20N2O2S2/c1-31-23-13-11-17-7-3-5-9-19(17)29(23)35-25(31)15-21-27(33)22(28(21)34)16-26-32(2)24-14-12-18-8-4-6-10-20(18)30(24)36-26/h3-16H,1-2H3. The van der Waals surface area contributed by atoms with Crippen LogP contribution in [0.15, 0.2) is 106 Å². The monoisotopic (exact) mass is 504 g/mol. The van der Waals surface area contributed by atoms with Crippen molar-refractivity contribution in [3.05, 3.63) is 106 Å². The Labute approximate surface area is 216 Å². The van der Waals surface area contributed by atoms with E-state index in [1.54, 1.807) is 35.3 Å². The Morgan fingerprint density at radius 3 is 2.36 bits per heavy atom. The van der Waals surface area contributed by atoms with Crippen molar-refractivity contribution in [2.45, 2.75) is 4.90 Å². The molecular formula is C30H20N2O2S2. The lowest BCUT2D eigenvalue weighted by molar-refractivity contribution is -0.642. The molecular weight excluding hydrogens is 484 g/mol. The molecule has 7 rings (SSSR count). The molecule has 0 saturated carbocycles. The van der Waals surface area contributed by atoms with E-state index >= 15 is 0 Å². The smallest absolute Gasteiger partial charge is 0.263 e. The van der Waals surface area contributed by atoms with Crippen molar-refractivity contribution in [2.24, 2.45) is 7.05 Å². The van der Waals surface area contributed by atoms with Gasteiger partial charge in [-0.2, -0.15) is 4.57 Å². The molecule has 4 nitrogen and oxygen atoms in total. The minimum atomic E-state index is -0.190. The minimum Gasteiger partial charge on any atom is -0.871 e. The number of carbonyl (C=O) groups is 1. The summed E-state index contributed by atoms with van der Waals surface area (Å²) in [5.74, 6) is -0.380. The van der Waals surface area contributed by atoms with Crippen molar-refractivity contribution >= 4 is 72.4 Å². The van der Waals surface area contributed by atoms with E-state index in [9.17, 15) is 9.90 Å². The van der Waals surface area contributed by atoms with Gasteiger partial charge in [-0.1, -0.05) is 83.5 Å². The van der Waals surface area contributed by atoms with E-state index in [-0.39, 0.29) is 22.7 Å². The number of rotatable bonds is 2. The molecule has 4 aromatic carbocycles. The average molecular weight is 505 g/mol. The molecule has 0 bridgehead atoms. The quantitative estimate of drug-likeness (QED) is 0.229. The van der Waals surface area contributed by atoms with E-state index in [0.29, 0.717) is 0 Å². The number of aromatic nitrogens is 1. The molecule has 0 amide bonds. The largest absolute Gasteiger partial charge is 0.871 e. The van der Waals surface area contributed by atoms with Crippen molar-refractivity contribution in [3.63, 3.8) is 0 Å². The summed E-state index contributed by atoms with van der Waals surface area (Å²) >= 11 is 3.21. The van der Waals surface area contributed by atoms with Crippen LogP contribution in [-0.4, -0.2) is 12.8 Å². The zero-order chi connectivity index (χ0) is 24.6. The molecule has 6 heteroatoms. The highest BCUT2D eigenvalue weighted by Crippen LogP contribution is 2.49. The van der Waals surface area contributed by atoms with E-state index in [4.69, 9.17) is 0 Å². The van der Waals surface area contributed by atoms with Gasteiger partial charge in [0.25, 0.3) is 5.01 Å². The van der Waals surface area contributed by atoms with Gasteiger partial charge in [0.2, 0.25) is 5.52 Å². The van der Waals surface area contributed by atoms with E-state index in [1.165, 1.54) is 21.5 Å². The second kappa shape index (κ2) is 7.82.